The molecule has 3 rings (SSSR count). The highest BCUT2D eigenvalue weighted by molar-refractivity contribution is 8.00. The molecule has 1 aliphatic carbocycles. The highest BCUT2D eigenvalue weighted by atomic mass is 32.2. The van der Waals surface area contributed by atoms with Crippen molar-refractivity contribution < 1.29 is 32.3 Å². The van der Waals surface area contributed by atoms with E-state index in [0.29, 0.717) is 25.0 Å². The van der Waals surface area contributed by atoms with Crippen molar-refractivity contribution in [3.05, 3.63) is 59.2 Å². The third-order valence-corrected chi connectivity index (χ3v) is 6.03. The van der Waals surface area contributed by atoms with Crippen LogP contribution in [0.25, 0.3) is 0 Å². The van der Waals surface area contributed by atoms with E-state index in [1.165, 1.54) is 23.9 Å². The number of carboxylic acids is 1. The van der Waals surface area contributed by atoms with Crippen molar-refractivity contribution in [2.45, 2.75) is 35.8 Å². The van der Waals surface area contributed by atoms with Crippen LogP contribution in [-0.4, -0.2) is 22.2 Å². The van der Waals surface area contributed by atoms with Crippen LogP contribution in [0.3, 0.4) is 0 Å². The number of anilines is 1. The van der Waals surface area contributed by atoms with E-state index in [4.69, 9.17) is 0 Å². The van der Waals surface area contributed by atoms with E-state index in [1.54, 1.807) is 0 Å². The largest absolute Gasteiger partial charge is 0.481 e. The number of carbonyl (C=O) groups excluding carboxylic acids is 1. The van der Waals surface area contributed by atoms with Gasteiger partial charge in [0.05, 0.1) is 5.92 Å². The van der Waals surface area contributed by atoms with Gasteiger partial charge < -0.3 is 10.4 Å². The number of amides is 1. The van der Waals surface area contributed by atoms with Crippen LogP contribution >= 0.6 is 11.8 Å². The van der Waals surface area contributed by atoms with Crippen LogP contribution in [0.15, 0.2) is 35.2 Å². The van der Waals surface area contributed by atoms with Crippen molar-refractivity contribution in [1.82, 2.24) is 0 Å². The van der Waals surface area contributed by atoms with Gasteiger partial charge in [-0.3, -0.25) is 9.59 Å². The summed E-state index contributed by atoms with van der Waals surface area (Å²) in [4.78, 5) is 23.7. The Labute approximate surface area is 168 Å². The molecule has 0 radical (unpaired) electrons. The van der Waals surface area contributed by atoms with E-state index in [1.807, 2.05) is 0 Å². The fourth-order valence-electron chi connectivity index (χ4n) is 3.22. The minimum Gasteiger partial charge on any atom is -0.481 e. The number of halogens is 4. The summed E-state index contributed by atoms with van der Waals surface area (Å²) in [5.41, 5.74) is -0.230. The van der Waals surface area contributed by atoms with Gasteiger partial charge in [-0.15, -0.1) is 11.8 Å². The molecule has 1 saturated carbocycles. The zero-order valence-corrected chi connectivity index (χ0v) is 15.9. The molecular formula is C20H17F4NO3S. The van der Waals surface area contributed by atoms with Gasteiger partial charge in [-0.25, -0.2) is 17.6 Å². The van der Waals surface area contributed by atoms with Gasteiger partial charge in [0.2, 0.25) is 0 Å². The third-order valence-electron chi connectivity index (χ3n) is 4.70. The second-order valence-electron chi connectivity index (χ2n) is 6.79. The lowest BCUT2D eigenvalue weighted by atomic mass is 9.89. The molecule has 0 aromatic heterocycles. The van der Waals surface area contributed by atoms with E-state index >= 15 is 0 Å². The first-order chi connectivity index (χ1) is 13.7. The Morgan fingerprint density at radius 3 is 2.34 bits per heavy atom. The highest BCUT2D eigenvalue weighted by Crippen LogP contribution is 2.37. The second kappa shape index (κ2) is 8.86. The predicted octanol–water partition coefficient (Wildman–Crippen LogP) is 5.23. The number of carbonyl (C=O) groups is 2. The van der Waals surface area contributed by atoms with Crippen LogP contribution in [0, 0.1) is 29.2 Å². The fourth-order valence-corrected chi connectivity index (χ4v) is 4.57. The van der Waals surface area contributed by atoms with Crippen molar-refractivity contribution >= 4 is 29.3 Å². The maximum absolute atomic E-state index is 14.2. The number of hydrogen-bond donors (Lipinski definition) is 2. The van der Waals surface area contributed by atoms with Gasteiger partial charge in [0.25, 0.3) is 5.91 Å². The molecule has 29 heavy (non-hydrogen) atoms. The van der Waals surface area contributed by atoms with E-state index < -0.39 is 41.1 Å². The average Bonchev–Trinajstić information content (AvgIpc) is 2.68. The van der Waals surface area contributed by atoms with Crippen LogP contribution in [-0.2, 0) is 4.79 Å². The van der Waals surface area contributed by atoms with Crippen molar-refractivity contribution in [2.24, 2.45) is 5.92 Å². The van der Waals surface area contributed by atoms with Crippen molar-refractivity contribution in [3.63, 3.8) is 0 Å². The first kappa shape index (κ1) is 21.2. The lowest BCUT2D eigenvalue weighted by Crippen LogP contribution is -2.24. The molecule has 0 heterocycles. The number of benzene rings is 2. The van der Waals surface area contributed by atoms with E-state index in [0.717, 1.165) is 18.9 Å². The average molecular weight is 427 g/mol. The minimum absolute atomic E-state index is 0.0460. The smallest absolute Gasteiger partial charge is 0.306 e. The normalized spacial score (nSPS) is 19.0. The van der Waals surface area contributed by atoms with Gasteiger partial charge in [-0.1, -0.05) is 6.42 Å². The zero-order valence-electron chi connectivity index (χ0n) is 15.1. The Balaban J connectivity index is 1.74. The van der Waals surface area contributed by atoms with Gasteiger partial charge in [0, 0.05) is 33.5 Å². The summed E-state index contributed by atoms with van der Waals surface area (Å²) in [6.45, 7) is 0. The van der Waals surface area contributed by atoms with Crippen LogP contribution in [0.2, 0.25) is 0 Å². The molecule has 0 aliphatic heterocycles. The lowest BCUT2D eigenvalue weighted by Gasteiger charge is -2.26. The van der Waals surface area contributed by atoms with Crippen LogP contribution < -0.4 is 5.32 Å². The summed E-state index contributed by atoms with van der Waals surface area (Å²) < 4.78 is 53.8. The Morgan fingerprint density at radius 1 is 1.00 bits per heavy atom. The quantitative estimate of drug-likeness (QED) is 0.507. The van der Waals surface area contributed by atoms with Crippen LogP contribution in [0.4, 0.5) is 23.2 Å². The summed E-state index contributed by atoms with van der Waals surface area (Å²) in [7, 11) is 0. The van der Waals surface area contributed by atoms with Crippen LogP contribution in [0.5, 0.6) is 0 Å². The molecule has 0 saturated heterocycles. The second-order valence-corrected chi connectivity index (χ2v) is 8.14. The van der Waals surface area contributed by atoms with Gasteiger partial charge in [0.1, 0.15) is 5.82 Å². The monoisotopic (exact) mass is 427 g/mol. The molecule has 9 heteroatoms. The lowest BCUT2D eigenvalue weighted by molar-refractivity contribution is -0.142. The van der Waals surface area contributed by atoms with E-state index in [-0.39, 0.29) is 21.4 Å². The van der Waals surface area contributed by atoms with Crippen LogP contribution in [0.1, 0.15) is 36.0 Å². The molecule has 2 aromatic rings. The predicted molar refractivity (Wildman–Crippen MR) is 99.9 cm³/mol. The first-order valence-electron chi connectivity index (χ1n) is 8.89. The molecule has 1 aliphatic rings. The van der Waals surface area contributed by atoms with Gasteiger partial charge in [-0.2, -0.15) is 0 Å². The maximum atomic E-state index is 14.2. The zero-order chi connectivity index (χ0) is 21.1. The molecule has 2 atom stereocenters. The van der Waals surface area contributed by atoms with Crippen molar-refractivity contribution in [2.75, 3.05) is 5.32 Å². The standard InChI is InChI=1S/C20H17F4NO3S/c21-14-5-4-10(19(26)25-12-8-15(22)18(24)16(23)9-12)7-17(14)29-13-3-1-2-11(6-13)20(27)28/h4-5,7-9,11,13H,1-3,6H2,(H,25,26)(H,27,28)/t11-,13?/m0/s1. The molecule has 2 aromatic carbocycles. The number of hydrogen-bond acceptors (Lipinski definition) is 3. The number of nitrogens with one attached hydrogen (secondary N) is 1. The molecule has 0 spiro atoms. The summed E-state index contributed by atoms with van der Waals surface area (Å²) in [5.74, 6) is -7.17. The molecule has 0 bridgehead atoms. The summed E-state index contributed by atoms with van der Waals surface area (Å²) in [6, 6.07) is 4.90. The number of rotatable bonds is 5. The van der Waals surface area contributed by atoms with Gasteiger partial charge >= 0.3 is 5.97 Å². The minimum atomic E-state index is -1.64. The van der Waals surface area contributed by atoms with Gasteiger partial charge in [-0.05, 0) is 37.5 Å². The SMILES string of the molecule is O=C(Nc1cc(F)c(F)c(F)c1)c1ccc(F)c(SC2CCC[C@H](C(=O)O)C2)c1. The van der Waals surface area contributed by atoms with E-state index in [9.17, 15) is 32.3 Å². The molecular weight excluding hydrogens is 410 g/mol. The Morgan fingerprint density at radius 2 is 1.69 bits per heavy atom. The highest BCUT2D eigenvalue weighted by Gasteiger charge is 2.28. The summed E-state index contributed by atoms with van der Waals surface area (Å²) >= 11 is 1.17. The number of aliphatic carboxylic acids is 1. The number of carboxylic acid groups (broad SMARTS) is 1. The Bertz CT molecular complexity index is 930. The van der Waals surface area contributed by atoms with E-state index in [2.05, 4.69) is 5.32 Å². The summed E-state index contributed by atoms with van der Waals surface area (Å²) in [5, 5.41) is 11.3. The van der Waals surface area contributed by atoms with Crippen molar-refractivity contribution in [3.8, 4) is 0 Å². The Hall–Kier alpha value is -2.55. The first-order valence-corrected chi connectivity index (χ1v) is 9.77. The van der Waals surface area contributed by atoms with Gasteiger partial charge in [0.15, 0.2) is 17.5 Å². The molecule has 2 N–H and O–H groups in total. The van der Waals surface area contributed by atoms with Crippen molar-refractivity contribution in [1.29, 1.82) is 0 Å². The molecule has 1 unspecified atom stereocenters. The summed E-state index contributed by atoms with van der Waals surface area (Å²) in [6.07, 6.45) is 2.45. The maximum Gasteiger partial charge on any atom is 0.306 e. The molecule has 1 amide bonds. The molecule has 4 nitrogen and oxygen atoms in total. The molecule has 154 valence electrons. The fraction of sp³-hybridized carbons (Fsp3) is 0.300. The topological polar surface area (TPSA) is 66.4 Å². The number of thioether (sulfide) groups is 1. The molecule has 1 fully saturated rings. The Kier molecular flexibility index (Phi) is 6.46. The third kappa shape index (κ3) is 5.09.